The monoisotopic (exact) mass is 287 g/mol. The van der Waals surface area contributed by atoms with Gasteiger partial charge < -0.3 is 9.94 Å². The molecule has 110 valence electrons. The Kier molecular flexibility index (Phi) is 3.41. The molecule has 0 saturated carbocycles. The zero-order valence-electron chi connectivity index (χ0n) is 12.3. The predicted molar refractivity (Wildman–Crippen MR) is 78.4 cm³/mol. The second kappa shape index (κ2) is 5.24. The first kappa shape index (κ1) is 13.7. The molecule has 1 heterocycles. The Morgan fingerprint density at radius 3 is 2.52 bits per heavy atom. The van der Waals surface area contributed by atoms with Gasteiger partial charge in [-0.3, -0.25) is 0 Å². The van der Waals surface area contributed by atoms with E-state index in [1.165, 1.54) is 4.73 Å². The second-order valence-corrected chi connectivity index (χ2v) is 5.37. The minimum Gasteiger partial charge on any atom is -0.497 e. The molecule has 1 aromatic carbocycles. The van der Waals surface area contributed by atoms with Crippen LogP contribution in [0.3, 0.4) is 0 Å². The van der Waals surface area contributed by atoms with Crippen LogP contribution in [0.15, 0.2) is 24.3 Å². The van der Waals surface area contributed by atoms with Gasteiger partial charge in [-0.25, -0.2) is 0 Å². The molecule has 1 N–H and O–H groups in total. The number of fused-ring (bicyclic) bond motifs is 1. The third kappa shape index (κ3) is 2.18. The minimum atomic E-state index is 0.501. The van der Waals surface area contributed by atoms with E-state index in [4.69, 9.17) is 4.74 Å². The molecular weight excluding hydrogens is 268 g/mol. The Balaban J connectivity index is 2.22. The zero-order valence-corrected chi connectivity index (χ0v) is 12.3. The number of hydrogen-bond donors (Lipinski definition) is 1. The maximum absolute atomic E-state index is 12.7. The summed E-state index contributed by atoms with van der Waals surface area (Å²) >= 11 is 0. The third-order valence-corrected chi connectivity index (χ3v) is 4.14. The molecule has 0 atom stereocenters. The molecule has 5 nitrogen and oxygen atoms in total. The molecule has 5 heteroatoms. The standard InChI is InChI=1S/C16H19N2O3/c1-11-16(12-7-9-13(21-2)10-8-12)18(20)15-6-4-3-5-14(15)17(11)19/h7-10,19H,3-6H2,1-2H3/q+1. The molecule has 0 aliphatic heterocycles. The number of nitrogens with zero attached hydrogens (tertiary/aromatic N) is 2. The summed E-state index contributed by atoms with van der Waals surface area (Å²) in [4.78, 5) is 12.7. The summed E-state index contributed by atoms with van der Waals surface area (Å²) in [6, 6.07) is 7.31. The van der Waals surface area contributed by atoms with Gasteiger partial charge in [0.1, 0.15) is 17.1 Å². The van der Waals surface area contributed by atoms with Crippen molar-refractivity contribution in [3.05, 3.63) is 46.3 Å². The SMILES string of the molecule is COc1ccc(-c2c(C)n(O)c3c([n+]2=O)CCCC3)cc1. The van der Waals surface area contributed by atoms with E-state index in [0.29, 0.717) is 23.5 Å². The molecule has 0 spiro atoms. The van der Waals surface area contributed by atoms with Crippen LogP contribution in [-0.4, -0.2) is 17.0 Å². The molecule has 0 radical (unpaired) electrons. The van der Waals surface area contributed by atoms with Gasteiger partial charge in [-0.2, -0.15) is 4.73 Å². The Labute approximate surface area is 123 Å². The molecule has 1 aliphatic rings. The first-order chi connectivity index (χ1) is 10.1. The highest BCUT2D eigenvalue weighted by Crippen LogP contribution is 2.26. The summed E-state index contributed by atoms with van der Waals surface area (Å²) in [6.45, 7) is 1.77. The fraction of sp³-hybridized carbons (Fsp3) is 0.375. The van der Waals surface area contributed by atoms with E-state index in [-0.39, 0.29) is 0 Å². The summed E-state index contributed by atoms with van der Waals surface area (Å²) in [5, 5.41) is 10.4. The van der Waals surface area contributed by atoms with Crippen LogP contribution in [-0.2, 0) is 12.8 Å². The molecular formula is C16H19N2O3+. The first-order valence-electron chi connectivity index (χ1n) is 7.17. The number of methoxy groups -OCH3 is 1. The van der Waals surface area contributed by atoms with E-state index >= 15 is 0 Å². The highest BCUT2D eigenvalue weighted by Gasteiger charge is 2.30. The highest BCUT2D eigenvalue weighted by molar-refractivity contribution is 5.59. The van der Waals surface area contributed by atoms with E-state index < -0.39 is 0 Å². The lowest BCUT2D eigenvalue weighted by Crippen LogP contribution is -2.33. The lowest BCUT2D eigenvalue weighted by Gasteiger charge is -2.15. The Morgan fingerprint density at radius 2 is 1.86 bits per heavy atom. The summed E-state index contributed by atoms with van der Waals surface area (Å²) in [5.41, 5.74) is 3.27. The Hall–Kier alpha value is -2.30. The van der Waals surface area contributed by atoms with E-state index in [9.17, 15) is 10.1 Å². The van der Waals surface area contributed by atoms with Gasteiger partial charge in [-0.15, -0.1) is 0 Å². The van der Waals surface area contributed by atoms with Gasteiger partial charge in [0.25, 0.3) is 11.4 Å². The first-order valence-corrected chi connectivity index (χ1v) is 7.17. The number of rotatable bonds is 2. The lowest BCUT2D eigenvalue weighted by atomic mass is 9.99. The summed E-state index contributed by atoms with van der Waals surface area (Å²) in [7, 11) is 1.61. The molecule has 0 amide bonds. The Morgan fingerprint density at radius 1 is 1.19 bits per heavy atom. The molecule has 1 aromatic heterocycles. The average Bonchev–Trinajstić information content (AvgIpc) is 2.53. The van der Waals surface area contributed by atoms with Gasteiger partial charge in [0.15, 0.2) is 0 Å². The number of ether oxygens (including phenoxy) is 1. The van der Waals surface area contributed by atoms with Crippen molar-refractivity contribution in [2.45, 2.75) is 32.6 Å². The van der Waals surface area contributed by atoms with Crippen molar-refractivity contribution in [3.63, 3.8) is 0 Å². The highest BCUT2D eigenvalue weighted by atomic mass is 16.5. The summed E-state index contributed by atoms with van der Waals surface area (Å²) < 4.78 is 7.31. The van der Waals surface area contributed by atoms with E-state index in [1.54, 1.807) is 14.0 Å². The van der Waals surface area contributed by atoms with Crippen LogP contribution in [0.25, 0.3) is 11.3 Å². The van der Waals surface area contributed by atoms with E-state index in [2.05, 4.69) is 0 Å². The van der Waals surface area contributed by atoms with Gasteiger partial charge >= 0.3 is 0 Å². The number of hydrogen-bond acceptors (Lipinski definition) is 3. The molecule has 0 unspecified atom stereocenters. The fourth-order valence-electron chi connectivity index (χ4n) is 2.98. The molecule has 21 heavy (non-hydrogen) atoms. The topological polar surface area (TPSA) is 57.4 Å². The van der Waals surface area contributed by atoms with Gasteiger partial charge in [-0.1, -0.05) is 0 Å². The number of benzene rings is 1. The van der Waals surface area contributed by atoms with Gasteiger partial charge in [-0.05, 0) is 50.5 Å². The van der Waals surface area contributed by atoms with Crippen molar-refractivity contribution in [1.29, 1.82) is 0 Å². The maximum Gasteiger partial charge on any atom is 0.292 e. The minimum absolute atomic E-state index is 0.501. The second-order valence-electron chi connectivity index (χ2n) is 5.37. The van der Waals surface area contributed by atoms with Crippen LogP contribution < -0.4 is 9.16 Å². The van der Waals surface area contributed by atoms with E-state index in [1.807, 2.05) is 24.3 Å². The lowest BCUT2D eigenvalue weighted by molar-refractivity contribution is -0.496. The van der Waals surface area contributed by atoms with Crippen LogP contribution in [0, 0.1) is 11.8 Å². The zero-order chi connectivity index (χ0) is 15.0. The third-order valence-electron chi connectivity index (χ3n) is 4.14. The van der Waals surface area contributed by atoms with Crippen molar-refractivity contribution in [1.82, 2.24) is 4.73 Å². The molecule has 2 aromatic rings. The normalized spacial score (nSPS) is 13.8. The largest absolute Gasteiger partial charge is 0.497 e. The Bertz CT molecular complexity index is 733. The maximum atomic E-state index is 12.7. The van der Waals surface area contributed by atoms with Crippen molar-refractivity contribution < 1.29 is 14.4 Å². The molecule has 1 aliphatic carbocycles. The molecule has 3 rings (SSSR count). The average molecular weight is 287 g/mol. The molecule has 0 bridgehead atoms. The van der Waals surface area contributed by atoms with Crippen LogP contribution in [0.2, 0.25) is 0 Å². The smallest absolute Gasteiger partial charge is 0.292 e. The van der Waals surface area contributed by atoms with Gasteiger partial charge in [0.2, 0.25) is 0 Å². The van der Waals surface area contributed by atoms with Crippen molar-refractivity contribution in [3.8, 4) is 17.0 Å². The quantitative estimate of drug-likeness (QED) is 0.682. The van der Waals surface area contributed by atoms with Gasteiger partial charge in [0.05, 0.1) is 17.1 Å². The van der Waals surface area contributed by atoms with Crippen molar-refractivity contribution in [2.75, 3.05) is 7.11 Å². The van der Waals surface area contributed by atoms with E-state index in [0.717, 1.165) is 40.7 Å². The van der Waals surface area contributed by atoms with Gasteiger partial charge in [0, 0.05) is 11.3 Å². The molecule has 0 saturated heterocycles. The van der Waals surface area contributed by atoms with Crippen LogP contribution in [0.4, 0.5) is 0 Å². The summed E-state index contributed by atoms with van der Waals surface area (Å²) in [5.74, 6) is 0.740. The molecule has 0 fully saturated rings. The van der Waals surface area contributed by atoms with Crippen molar-refractivity contribution in [2.24, 2.45) is 0 Å². The number of aromatic nitrogens is 2. The predicted octanol–water partition coefficient (Wildman–Crippen LogP) is 2.50. The van der Waals surface area contributed by atoms with Crippen LogP contribution in [0.5, 0.6) is 5.75 Å². The van der Waals surface area contributed by atoms with Crippen LogP contribution >= 0.6 is 0 Å². The van der Waals surface area contributed by atoms with Crippen molar-refractivity contribution >= 4 is 0 Å². The van der Waals surface area contributed by atoms with Crippen LogP contribution in [0.1, 0.15) is 29.9 Å². The summed E-state index contributed by atoms with van der Waals surface area (Å²) in [6.07, 6.45) is 3.45. The fourth-order valence-corrected chi connectivity index (χ4v) is 2.98.